The van der Waals surface area contributed by atoms with Gasteiger partial charge in [-0.3, -0.25) is 14.3 Å². The SMILES string of the molecule is C[C@@H]1Cc2nn3c(c2CN1C(=O)c1ccc(Cl)c(C#N)c1)C(=O)N([C@@H](C)c1ccc(OC(F)F)cc1)CC3. The van der Waals surface area contributed by atoms with Crippen LogP contribution in [-0.2, 0) is 19.5 Å². The Hall–Kier alpha value is -3.97. The maximum atomic E-state index is 13.7. The number of fused-ring (bicyclic) bond motifs is 3. The molecule has 38 heavy (non-hydrogen) atoms. The Morgan fingerprint density at radius 2 is 1.95 bits per heavy atom. The Bertz CT molecular complexity index is 1450. The molecule has 11 heteroatoms. The lowest BCUT2D eigenvalue weighted by molar-refractivity contribution is -0.0498. The Kier molecular flexibility index (Phi) is 6.80. The zero-order chi connectivity index (χ0) is 27.1. The van der Waals surface area contributed by atoms with E-state index in [2.05, 4.69) is 9.84 Å². The van der Waals surface area contributed by atoms with E-state index in [1.54, 1.807) is 32.7 Å². The van der Waals surface area contributed by atoms with Crippen molar-refractivity contribution in [3.8, 4) is 11.8 Å². The van der Waals surface area contributed by atoms with Crippen LogP contribution in [0, 0.1) is 11.3 Å². The largest absolute Gasteiger partial charge is 0.435 e. The Morgan fingerprint density at radius 3 is 2.63 bits per heavy atom. The number of halogens is 3. The number of amides is 2. The van der Waals surface area contributed by atoms with Crippen LogP contribution in [0.15, 0.2) is 42.5 Å². The van der Waals surface area contributed by atoms with Crippen molar-refractivity contribution < 1.29 is 23.1 Å². The Balaban J connectivity index is 1.40. The smallest absolute Gasteiger partial charge is 0.387 e. The third-order valence-corrected chi connectivity index (χ3v) is 7.48. The van der Waals surface area contributed by atoms with Crippen LogP contribution < -0.4 is 4.74 Å². The Morgan fingerprint density at radius 1 is 1.21 bits per heavy atom. The highest BCUT2D eigenvalue weighted by Gasteiger charge is 2.38. The first kappa shape index (κ1) is 25.7. The van der Waals surface area contributed by atoms with Crippen molar-refractivity contribution in [3.63, 3.8) is 0 Å². The van der Waals surface area contributed by atoms with E-state index in [-0.39, 0.29) is 46.8 Å². The fraction of sp³-hybridized carbons (Fsp3) is 0.333. The van der Waals surface area contributed by atoms with Gasteiger partial charge in [0.1, 0.15) is 17.5 Å². The molecular formula is C27H24ClF2N5O3. The molecule has 8 nitrogen and oxygen atoms in total. The van der Waals surface area contributed by atoms with Crippen molar-refractivity contribution in [2.24, 2.45) is 0 Å². The van der Waals surface area contributed by atoms with E-state index >= 15 is 0 Å². The summed E-state index contributed by atoms with van der Waals surface area (Å²) in [5.41, 5.74) is 3.32. The molecule has 0 saturated carbocycles. The molecule has 5 rings (SSSR count). The molecule has 1 aromatic heterocycles. The van der Waals surface area contributed by atoms with Crippen molar-refractivity contribution in [3.05, 3.63) is 81.1 Å². The molecule has 0 N–H and O–H groups in total. The van der Waals surface area contributed by atoms with Crippen LogP contribution in [0.3, 0.4) is 0 Å². The molecule has 2 aliphatic heterocycles. The van der Waals surface area contributed by atoms with E-state index < -0.39 is 6.61 Å². The molecule has 0 spiro atoms. The number of nitriles is 1. The topological polar surface area (TPSA) is 91.5 Å². The predicted octanol–water partition coefficient (Wildman–Crippen LogP) is 4.81. The van der Waals surface area contributed by atoms with Crippen LogP contribution >= 0.6 is 11.6 Å². The number of benzene rings is 2. The second-order valence-corrected chi connectivity index (χ2v) is 9.82. The molecule has 2 amide bonds. The van der Waals surface area contributed by atoms with Gasteiger partial charge in [-0.05, 0) is 49.7 Å². The first-order valence-electron chi connectivity index (χ1n) is 12.1. The maximum absolute atomic E-state index is 13.7. The van der Waals surface area contributed by atoms with Crippen molar-refractivity contribution >= 4 is 23.4 Å². The van der Waals surface area contributed by atoms with Crippen LogP contribution in [-0.4, -0.2) is 50.6 Å². The summed E-state index contributed by atoms with van der Waals surface area (Å²) < 4.78 is 31.1. The average molecular weight is 540 g/mol. The van der Waals surface area contributed by atoms with E-state index in [1.807, 2.05) is 19.9 Å². The van der Waals surface area contributed by atoms with Gasteiger partial charge in [-0.1, -0.05) is 23.7 Å². The molecule has 0 fully saturated rings. The molecule has 0 unspecified atom stereocenters. The minimum Gasteiger partial charge on any atom is -0.435 e. The summed E-state index contributed by atoms with van der Waals surface area (Å²) in [6.07, 6.45) is 0.494. The van der Waals surface area contributed by atoms with Gasteiger partial charge in [0.2, 0.25) is 0 Å². The lowest BCUT2D eigenvalue weighted by atomic mass is 9.97. The minimum atomic E-state index is -2.91. The summed E-state index contributed by atoms with van der Waals surface area (Å²) in [4.78, 5) is 30.5. The summed E-state index contributed by atoms with van der Waals surface area (Å²) in [5.74, 6) is -0.406. The molecular weight excluding hydrogens is 516 g/mol. The van der Waals surface area contributed by atoms with Crippen LogP contribution in [0.25, 0.3) is 0 Å². The van der Waals surface area contributed by atoms with Gasteiger partial charge in [-0.2, -0.15) is 19.1 Å². The molecule has 0 aliphatic carbocycles. The van der Waals surface area contributed by atoms with Gasteiger partial charge in [0.25, 0.3) is 11.8 Å². The fourth-order valence-electron chi connectivity index (χ4n) is 5.10. The van der Waals surface area contributed by atoms with Crippen molar-refractivity contribution in [2.45, 2.75) is 52.1 Å². The molecule has 0 saturated heterocycles. The van der Waals surface area contributed by atoms with Crippen LogP contribution in [0.2, 0.25) is 5.02 Å². The van der Waals surface area contributed by atoms with E-state index in [9.17, 15) is 23.6 Å². The van der Waals surface area contributed by atoms with Crippen molar-refractivity contribution in [2.75, 3.05) is 6.54 Å². The third-order valence-electron chi connectivity index (χ3n) is 7.15. The first-order valence-corrected chi connectivity index (χ1v) is 12.5. The quantitative estimate of drug-likeness (QED) is 0.464. The molecule has 3 heterocycles. The van der Waals surface area contributed by atoms with E-state index in [0.29, 0.717) is 36.3 Å². The van der Waals surface area contributed by atoms with Gasteiger partial charge < -0.3 is 14.5 Å². The average Bonchev–Trinajstić information content (AvgIpc) is 3.26. The molecule has 0 bridgehead atoms. The van der Waals surface area contributed by atoms with Gasteiger partial charge in [0, 0.05) is 30.1 Å². The second kappa shape index (κ2) is 10.1. The monoisotopic (exact) mass is 539 g/mol. The summed E-state index contributed by atoms with van der Waals surface area (Å²) in [7, 11) is 0. The number of carbonyl (C=O) groups is 2. The maximum Gasteiger partial charge on any atom is 0.387 e. The van der Waals surface area contributed by atoms with Gasteiger partial charge in [0.15, 0.2) is 0 Å². The van der Waals surface area contributed by atoms with Gasteiger partial charge >= 0.3 is 6.61 Å². The lowest BCUT2D eigenvalue weighted by Gasteiger charge is -2.35. The van der Waals surface area contributed by atoms with Gasteiger partial charge in [-0.25, -0.2) is 0 Å². The molecule has 2 aromatic carbocycles. The number of hydrogen-bond donors (Lipinski definition) is 0. The number of hydrogen-bond acceptors (Lipinski definition) is 5. The fourth-order valence-corrected chi connectivity index (χ4v) is 5.26. The van der Waals surface area contributed by atoms with Crippen LogP contribution in [0.5, 0.6) is 5.75 Å². The van der Waals surface area contributed by atoms with Crippen molar-refractivity contribution in [1.82, 2.24) is 19.6 Å². The van der Waals surface area contributed by atoms with Gasteiger partial charge in [-0.15, -0.1) is 0 Å². The number of ether oxygens (including phenoxy) is 1. The normalized spacial score (nSPS) is 17.6. The summed E-state index contributed by atoms with van der Waals surface area (Å²) in [6, 6.07) is 12.4. The number of alkyl halides is 2. The molecule has 2 aliphatic rings. The van der Waals surface area contributed by atoms with Gasteiger partial charge in [0.05, 0.1) is 35.4 Å². The molecule has 0 radical (unpaired) electrons. The number of rotatable bonds is 5. The zero-order valence-corrected chi connectivity index (χ0v) is 21.5. The highest BCUT2D eigenvalue weighted by atomic mass is 35.5. The third kappa shape index (κ3) is 4.58. The first-order chi connectivity index (χ1) is 18.2. The number of aromatic nitrogens is 2. The van der Waals surface area contributed by atoms with E-state index in [4.69, 9.17) is 11.6 Å². The molecule has 196 valence electrons. The summed E-state index contributed by atoms with van der Waals surface area (Å²) >= 11 is 6.04. The molecule has 2 atom stereocenters. The van der Waals surface area contributed by atoms with Crippen LogP contribution in [0.4, 0.5) is 8.78 Å². The highest BCUT2D eigenvalue weighted by molar-refractivity contribution is 6.31. The summed E-state index contributed by atoms with van der Waals surface area (Å²) in [6.45, 7) is 2.04. The zero-order valence-electron chi connectivity index (χ0n) is 20.7. The number of carbonyl (C=O) groups excluding carboxylic acids is 2. The lowest BCUT2D eigenvalue weighted by Crippen LogP contribution is -2.44. The number of nitrogens with zero attached hydrogens (tertiary/aromatic N) is 5. The molecule has 3 aromatic rings. The second-order valence-electron chi connectivity index (χ2n) is 9.41. The van der Waals surface area contributed by atoms with E-state index in [0.717, 1.165) is 11.3 Å². The minimum absolute atomic E-state index is 0.0505. The predicted molar refractivity (Wildman–Crippen MR) is 134 cm³/mol. The van der Waals surface area contributed by atoms with Crippen LogP contribution in [0.1, 0.15) is 63.1 Å². The standard InChI is InChI=1S/C27H24ClF2N5O3/c1-15-11-23-21(14-34(15)25(36)18-5-8-22(28)19(12-18)13-31)24-26(37)33(9-10-35(24)32-23)16(2)17-3-6-20(7-4-17)38-27(29)30/h3-8,12,15-16,27H,9-11,14H2,1-2H3/t15-,16+/m1/s1. The Labute approximate surface area is 223 Å². The van der Waals surface area contributed by atoms with Crippen molar-refractivity contribution in [1.29, 1.82) is 5.26 Å². The summed E-state index contributed by atoms with van der Waals surface area (Å²) in [5, 5.41) is 14.3. The highest BCUT2D eigenvalue weighted by Crippen LogP contribution is 2.33. The van der Waals surface area contributed by atoms with E-state index in [1.165, 1.54) is 24.3 Å².